The third-order valence-electron chi connectivity index (χ3n) is 2.80. The van der Waals surface area contributed by atoms with Crippen LogP contribution in [-0.2, 0) is 6.54 Å². The molecule has 0 saturated heterocycles. The average molecular weight is 258 g/mol. The van der Waals surface area contributed by atoms with E-state index in [1.807, 2.05) is 13.0 Å². The fourth-order valence-electron chi connectivity index (χ4n) is 1.68. The number of carbonyl (C=O) groups excluding carboxylic acids is 1. The minimum Gasteiger partial charge on any atom is -0.508 e. The Kier molecular flexibility index (Phi) is 3.66. The van der Waals surface area contributed by atoms with Crippen LogP contribution in [0.15, 0.2) is 36.7 Å². The normalized spacial score (nSPS) is 10.2. The van der Waals surface area contributed by atoms with Gasteiger partial charge >= 0.3 is 0 Å². The lowest BCUT2D eigenvalue weighted by Crippen LogP contribution is -2.23. The Labute approximate surface area is 110 Å². The summed E-state index contributed by atoms with van der Waals surface area (Å²) >= 11 is 0. The number of nitrogens with zero attached hydrogens (tertiary/aromatic N) is 1. The Morgan fingerprint density at radius 1 is 1.32 bits per heavy atom. The first-order valence-electron chi connectivity index (χ1n) is 5.77. The maximum atomic E-state index is 11.9. The standard InChI is InChI=1S/C14H14N2O3/c1-9-7-15-5-4-10(9)8-16-14(19)12-6-11(17)2-3-13(12)18/h2-7,17-18H,8H2,1H3,(H,16,19). The van der Waals surface area contributed by atoms with Crippen LogP contribution < -0.4 is 5.32 Å². The predicted molar refractivity (Wildman–Crippen MR) is 69.9 cm³/mol. The average Bonchev–Trinajstić information content (AvgIpc) is 2.40. The molecular formula is C14H14N2O3. The minimum atomic E-state index is -0.440. The number of carbonyl (C=O) groups is 1. The summed E-state index contributed by atoms with van der Waals surface area (Å²) < 4.78 is 0. The number of amides is 1. The zero-order chi connectivity index (χ0) is 13.8. The Balaban J connectivity index is 2.10. The molecule has 98 valence electrons. The van der Waals surface area contributed by atoms with E-state index in [2.05, 4.69) is 10.3 Å². The van der Waals surface area contributed by atoms with E-state index in [-0.39, 0.29) is 17.1 Å². The quantitative estimate of drug-likeness (QED) is 0.732. The van der Waals surface area contributed by atoms with Crippen molar-refractivity contribution in [2.45, 2.75) is 13.5 Å². The van der Waals surface area contributed by atoms with Crippen molar-refractivity contribution in [2.24, 2.45) is 0 Å². The van der Waals surface area contributed by atoms with Gasteiger partial charge in [-0.1, -0.05) is 0 Å². The maximum absolute atomic E-state index is 11.9. The summed E-state index contributed by atoms with van der Waals surface area (Å²) in [7, 11) is 0. The van der Waals surface area contributed by atoms with Crippen LogP contribution in [0.2, 0.25) is 0 Å². The molecule has 1 aromatic carbocycles. The van der Waals surface area contributed by atoms with Crippen molar-refractivity contribution in [1.82, 2.24) is 10.3 Å². The molecule has 0 aliphatic carbocycles. The molecule has 5 heteroatoms. The second kappa shape index (κ2) is 5.39. The van der Waals surface area contributed by atoms with Crippen LogP contribution in [0.1, 0.15) is 21.5 Å². The van der Waals surface area contributed by atoms with Gasteiger partial charge in [-0.3, -0.25) is 9.78 Å². The van der Waals surface area contributed by atoms with E-state index >= 15 is 0 Å². The largest absolute Gasteiger partial charge is 0.508 e. The molecule has 1 aromatic heterocycles. The van der Waals surface area contributed by atoms with Crippen molar-refractivity contribution in [3.8, 4) is 11.5 Å². The van der Waals surface area contributed by atoms with Crippen LogP contribution in [0.3, 0.4) is 0 Å². The van der Waals surface area contributed by atoms with Crippen molar-refractivity contribution in [3.63, 3.8) is 0 Å². The van der Waals surface area contributed by atoms with Gasteiger partial charge in [-0.2, -0.15) is 0 Å². The second-order valence-corrected chi connectivity index (χ2v) is 4.19. The molecule has 5 nitrogen and oxygen atoms in total. The van der Waals surface area contributed by atoms with E-state index in [1.165, 1.54) is 18.2 Å². The number of benzene rings is 1. The number of hydrogen-bond acceptors (Lipinski definition) is 4. The van der Waals surface area contributed by atoms with E-state index < -0.39 is 5.91 Å². The Morgan fingerprint density at radius 3 is 2.84 bits per heavy atom. The van der Waals surface area contributed by atoms with Gasteiger partial charge in [0.1, 0.15) is 11.5 Å². The predicted octanol–water partition coefficient (Wildman–Crippen LogP) is 1.73. The first-order valence-corrected chi connectivity index (χ1v) is 5.77. The molecule has 19 heavy (non-hydrogen) atoms. The highest BCUT2D eigenvalue weighted by Crippen LogP contribution is 2.21. The van der Waals surface area contributed by atoms with Crippen LogP contribution in [0.25, 0.3) is 0 Å². The summed E-state index contributed by atoms with van der Waals surface area (Å²) in [5.41, 5.74) is 1.97. The molecule has 0 radical (unpaired) electrons. The summed E-state index contributed by atoms with van der Waals surface area (Å²) in [6.07, 6.45) is 3.37. The van der Waals surface area contributed by atoms with Gasteiger partial charge in [0.15, 0.2) is 0 Å². The molecule has 0 bridgehead atoms. The molecule has 2 aromatic rings. The van der Waals surface area contributed by atoms with Gasteiger partial charge < -0.3 is 15.5 Å². The highest BCUT2D eigenvalue weighted by Gasteiger charge is 2.11. The van der Waals surface area contributed by atoms with Crippen LogP contribution in [0.4, 0.5) is 0 Å². The van der Waals surface area contributed by atoms with Crippen molar-refractivity contribution >= 4 is 5.91 Å². The molecule has 1 heterocycles. The SMILES string of the molecule is Cc1cnccc1CNC(=O)c1cc(O)ccc1O. The minimum absolute atomic E-state index is 0.0479. The number of hydrogen-bond donors (Lipinski definition) is 3. The van der Waals surface area contributed by atoms with Crippen LogP contribution >= 0.6 is 0 Å². The third-order valence-corrected chi connectivity index (χ3v) is 2.80. The van der Waals surface area contributed by atoms with Crippen molar-refractivity contribution in [2.75, 3.05) is 0 Å². The van der Waals surface area contributed by atoms with Gasteiger partial charge in [0.25, 0.3) is 5.91 Å². The summed E-state index contributed by atoms with van der Waals surface area (Å²) in [4.78, 5) is 15.9. The molecular weight excluding hydrogens is 244 g/mol. The number of aromatic nitrogens is 1. The highest BCUT2D eigenvalue weighted by atomic mass is 16.3. The maximum Gasteiger partial charge on any atom is 0.255 e. The summed E-state index contributed by atoms with van der Waals surface area (Å²) in [6.45, 7) is 2.24. The molecule has 3 N–H and O–H groups in total. The van der Waals surface area contributed by atoms with E-state index in [4.69, 9.17) is 0 Å². The molecule has 0 aliphatic rings. The Morgan fingerprint density at radius 2 is 2.11 bits per heavy atom. The number of aryl methyl sites for hydroxylation is 1. The Bertz CT molecular complexity index is 611. The third kappa shape index (κ3) is 3.01. The zero-order valence-corrected chi connectivity index (χ0v) is 10.4. The molecule has 0 atom stereocenters. The monoisotopic (exact) mass is 258 g/mol. The summed E-state index contributed by atoms with van der Waals surface area (Å²) in [5.74, 6) is -0.672. The van der Waals surface area contributed by atoms with Crippen molar-refractivity contribution in [1.29, 1.82) is 0 Å². The first-order chi connectivity index (χ1) is 9.08. The topological polar surface area (TPSA) is 82.5 Å². The fourth-order valence-corrected chi connectivity index (χ4v) is 1.68. The number of rotatable bonds is 3. The number of aromatic hydroxyl groups is 2. The van der Waals surface area contributed by atoms with Gasteiger partial charge in [-0.15, -0.1) is 0 Å². The number of nitrogens with one attached hydrogen (secondary N) is 1. The summed E-state index contributed by atoms with van der Waals surface area (Å²) in [6, 6.07) is 5.64. The van der Waals surface area contributed by atoms with Crippen LogP contribution in [-0.4, -0.2) is 21.1 Å². The molecule has 0 unspecified atom stereocenters. The second-order valence-electron chi connectivity index (χ2n) is 4.19. The summed E-state index contributed by atoms with van der Waals surface area (Å²) in [5, 5.41) is 21.6. The fraction of sp³-hybridized carbons (Fsp3) is 0.143. The van der Waals surface area contributed by atoms with Crippen LogP contribution in [0.5, 0.6) is 11.5 Å². The van der Waals surface area contributed by atoms with E-state index in [0.29, 0.717) is 6.54 Å². The lowest BCUT2D eigenvalue weighted by Gasteiger charge is -2.08. The van der Waals surface area contributed by atoms with E-state index in [0.717, 1.165) is 11.1 Å². The van der Waals surface area contributed by atoms with E-state index in [1.54, 1.807) is 12.4 Å². The van der Waals surface area contributed by atoms with Crippen LogP contribution in [0, 0.1) is 6.92 Å². The number of phenolic OH excluding ortho intramolecular Hbond substituents is 2. The molecule has 1 amide bonds. The molecule has 0 saturated carbocycles. The molecule has 0 aliphatic heterocycles. The molecule has 0 fully saturated rings. The Hall–Kier alpha value is -2.56. The lowest BCUT2D eigenvalue weighted by atomic mass is 10.1. The van der Waals surface area contributed by atoms with Crippen molar-refractivity contribution in [3.05, 3.63) is 53.3 Å². The molecule has 2 rings (SSSR count). The van der Waals surface area contributed by atoms with Gasteiger partial charge in [0, 0.05) is 18.9 Å². The van der Waals surface area contributed by atoms with Gasteiger partial charge in [0.2, 0.25) is 0 Å². The number of phenols is 2. The lowest BCUT2D eigenvalue weighted by molar-refractivity contribution is 0.0948. The first kappa shape index (κ1) is 12.9. The van der Waals surface area contributed by atoms with Gasteiger partial charge in [0.05, 0.1) is 5.56 Å². The van der Waals surface area contributed by atoms with Crippen molar-refractivity contribution < 1.29 is 15.0 Å². The molecule has 0 spiro atoms. The van der Waals surface area contributed by atoms with Gasteiger partial charge in [-0.25, -0.2) is 0 Å². The van der Waals surface area contributed by atoms with E-state index in [9.17, 15) is 15.0 Å². The zero-order valence-electron chi connectivity index (χ0n) is 10.4. The smallest absolute Gasteiger partial charge is 0.255 e. The van der Waals surface area contributed by atoms with Gasteiger partial charge in [-0.05, 0) is 42.3 Å². The number of pyridine rings is 1. The highest BCUT2D eigenvalue weighted by molar-refractivity contribution is 5.97.